The normalized spacial score (nSPS) is 32.5. The van der Waals surface area contributed by atoms with E-state index in [1.54, 1.807) is 11.1 Å². The van der Waals surface area contributed by atoms with Gasteiger partial charge in [-0.3, -0.25) is 0 Å². The molecule has 0 amide bonds. The smallest absolute Gasteiger partial charge is 0.0125 e. The second-order valence-electron chi connectivity index (χ2n) is 5.55. The summed E-state index contributed by atoms with van der Waals surface area (Å²) in [6, 6.07) is 0. The third-order valence-electron chi connectivity index (χ3n) is 4.48. The van der Waals surface area contributed by atoms with E-state index in [2.05, 4.69) is 36.5 Å². The molecule has 3 aliphatic rings. The zero-order valence-electron chi connectivity index (χ0n) is 10.6. The highest BCUT2D eigenvalue weighted by Crippen LogP contribution is 2.39. The fraction of sp³-hybridized carbons (Fsp3) is 0.529. The second-order valence-corrected chi connectivity index (χ2v) is 5.55. The van der Waals surface area contributed by atoms with Gasteiger partial charge in [-0.15, -0.1) is 0 Å². The van der Waals surface area contributed by atoms with E-state index in [0.717, 1.165) is 11.8 Å². The minimum Gasteiger partial charge on any atom is -0.0885 e. The largest absolute Gasteiger partial charge is 0.0885 e. The van der Waals surface area contributed by atoms with Gasteiger partial charge in [0.25, 0.3) is 0 Å². The van der Waals surface area contributed by atoms with Crippen molar-refractivity contribution in [2.75, 3.05) is 0 Å². The molecule has 0 nitrogen and oxygen atoms in total. The van der Waals surface area contributed by atoms with Crippen molar-refractivity contribution in [3.8, 4) is 0 Å². The number of hydrogen-bond donors (Lipinski definition) is 0. The molecule has 0 saturated heterocycles. The highest BCUT2D eigenvalue weighted by atomic mass is 14.3. The van der Waals surface area contributed by atoms with Crippen LogP contribution in [0.25, 0.3) is 0 Å². The molecule has 2 atom stereocenters. The lowest BCUT2D eigenvalue weighted by Crippen LogP contribution is -2.11. The van der Waals surface area contributed by atoms with E-state index in [9.17, 15) is 0 Å². The minimum absolute atomic E-state index is 0.819. The summed E-state index contributed by atoms with van der Waals surface area (Å²) >= 11 is 0. The van der Waals surface area contributed by atoms with Gasteiger partial charge in [0, 0.05) is 0 Å². The molecule has 0 heteroatoms. The zero-order valence-corrected chi connectivity index (χ0v) is 10.6. The molecule has 0 aromatic heterocycles. The molecule has 3 aliphatic carbocycles. The SMILES string of the molecule is C1=CCC(C2=C(C3CC=CCC3)CC=C2)CC1. The van der Waals surface area contributed by atoms with Crippen LogP contribution < -0.4 is 0 Å². The van der Waals surface area contributed by atoms with Crippen LogP contribution in [-0.4, -0.2) is 0 Å². The maximum Gasteiger partial charge on any atom is -0.0125 e. The summed E-state index contributed by atoms with van der Waals surface area (Å²) in [4.78, 5) is 0. The van der Waals surface area contributed by atoms with E-state index in [0.29, 0.717) is 0 Å². The van der Waals surface area contributed by atoms with Gasteiger partial charge in [0.1, 0.15) is 0 Å². The van der Waals surface area contributed by atoms with Crippen LogP contribution >= 0.6 is 0 Å². The average Bonchev–Trinajstić information content (AvgIpc) is 2.90. The summed E-state index contributed by atoms with van der Waals surface area (Å²) in [6.07, 6.45) is 23.4. The Bertz CT molecular complexity index is 392. The van der Waals surface area contributed by atoms with Crippen LogP contribution in [-0.2, 0) is 0 Å². The first-order valence-corrected chi connectivity index (χ1v) is 7.14. The number of hydrogen-bond acceptors (Lipinski definition) is 0. The highest BCUT2D eigenvalue weighted by molar-refractivity contribution is 5.38. The van der Waals surface area contributed by atoms with Gasteiger partial charge >= 0.3 is 0 Å². The van der Waals surface area contributed by atoms with Crippen molar-refractivity contribution in [1.82, 2.24) is 0 Å². The molecule has 0 spiro atoms. The topological polar surface area (TPSA) is 0 Å². The molecule has 0 saturated carbocycles. The van der Waals surface area contributed by atoms with E-state index in [1.807, 2.05) is 0 Å². The van der Waals surface area contributed by atoms with Crippen molar-refractivity contribution in [2.45, 2.75) is 44.9 Å². The van der Waals surface area contributed by atoms with Crippen molar-refractivity contribution < 1.29 is 0 Å². The Morgan fingerprint density at radius 2 is 1.47 bits per heavy atom. The second kappa shape index (κ2) is 5.08. The summed E-state index contributed by atoms with van der Waals surface area (Å²) < 4.78 is 0. The fourth-order valence-corrected chi connectivity index (χ4v) is 3.52. The molecular weight excluding hydrogens is 204 g/mol. The number of rotatable bonds is 2. The van der Waals surface area contributed by atoms with Gasteiger partial charge in [-0.05, 0) is 62.4 Å². The predicted molar refractivity (Wildman–Crippen MR) is 73.7 cm³/mol. The minimum atomic E-state index is 0.819. The molecule has 0 aliphatic heterocycles. The summed E-state index contributed by atoms with van der Waals surface area (Å²) in [5.41, 5.74) is 3.48. The van der Waals surface area contributed by atoms with Crippen molar-refractivity contribution in [1.29, 1.82) is 0 Å². The van der Waals surface area contributed by atoms with E-state index in [1.165, 1.54) is 44.9 Å². The highest BCUT2D eigenvalue weighted by Gasteiger charge is 2.24. The molecule has 0 N–H and O–H groups in total. The third-order valence-corrected chi connectivity index (χ3v) is 4.48. The van der Waals surface area contributed by atoms with Crippen molar-refractivity contribution in [3.63, 3.8) is 0 Å². The lowest BCUT2D eigenvalue weighted by Gasteiger charge is -2.25. The Morgan fingerprint density at radius 1 is 0.765 bits per heavy atom. The predicted octanol–water partition coefficient (Wildman–Crippen LogP) is 4.96. The van der Waals surface area contributed by atoms with E-state index >= 15 is 0 Å². The van der Waals surface area contributed by atoms with E-state index in [-0.39, 0.29) is 0 Å². The molecule has 2 unspecified atom stereocenters. The molecule has 0 aromatic carbocycles. The van der Waals surface area contributed by atoms with Crippen LogP contribution in [0.2, 0.25) is 0 Å². The number of allylic oxidation sites excluding steroid dienone is 8. The first-order chi connectivity index (χ1) is 8.45. The van der Waals surface area contributed by atoms with Gasteiger partial charge in [-0.25, -0.2) is 0 Å². The molecule has 90 valence electrons. The van der Waals surface area contributed by atoms with Crippen LogP contribution in [0.3, 0.4) is 0 Å². The van der Waals surface area contributed by atoms with Gasteiger partial charge in [0.2, 0.25) is 0 Å². The average molecular weight is 226 g/mol. The summed E-state index contributed by atoms with van der Waals surface area (Å²) in [5.74, 6) is 1.66. The maximum atomic E-state index is 2.43. The van der Waals surface area contributed by atoms with E-state index < -0.39 is 0 Å². The lowest BCUT2D eigenvalue weighted by molar-refractivity contribution is 0.512. The van der Waals surface area contributed by atoms with Gasteiger partial charge in [-0.1, -0.05) is 42.0 Å². The molecule has 0 radical (unpaired) electrons. The fourth-order valence-electron chi connectivity index (χ4n) is 3.52. The monoisotopic (exact) mass is 226 g/mol. The first-order valence-electron chi connectivity index (χ1n) is 7.14. The Labute approximate surface area is 105 Å². The molecule has 17 heavy (non-hydrogen) atoms. The van der Waals surface area contributed by atoms with Crippen molar-refractivity contribution >= 4 is 0 Å². The van der Waals surface area contributed by atoms with Crippen LogP contribution in [0.1, 0.15) is 44.9 Å². The Morgan fingerprint density at radius 3 is 2.12 bits per heavy atom. The van der Waals surface area contributed by atoms with Gasteiger partial charge < -0.3 is 0 Å². The summed E-state index contributed by atoms with van der Waals surface area (Å²) in [6.45, 7) is 0. The van der Waals surface area contributed by atoms with Crippen molar-refractivity contribution in [2.24, 2.45) is 11.8 Å². The summed E-state index contributed by atoms with van der Waals surface area (Å²) in [7, 11) is 0. The van der Waals surface area contributed by atoms with Crippen molar-refractivity contribution in [3.05, 3.63) is 47.6 Å². The standard InChI is InChI=1S/C17H22/c1-3-8-14(9-4-1)16-12-7-13-17(16)15-10-5-2-6-11-15/h1-3,5,7,12,14-15H,4,6,8-11,13H2. The quantitative estimate of drug-likeness (QED) is 0.584. The zero-order chi connectivity index (χ0) is 11.5. The molecule has 0 heterocycles. The van der Waals surface area contributed by atoms with Gasteiger partial charge in [0.15, 0.2) is 0 Å². The molecule has 3 rings (SSSR count). The Kier molecular flexibility index (Phi) is 3.31. The third kappa shape index (κ3) is 2.31. The Balaban J connectivity index is 1.81. The molecule has 0 fully saturated rings. The molecule has 0 bridgehead atoms. The van der Waals surface area contributed by atoms with E-state index in [4.69, 9.17) is 0 Å². The molecular formula is C17H22. The Hall–Kier alpha value is -1.04. The van der Waals surface area contributed by atoms with Crippen LogP contribution in [0, 0.1) is 11.8 Å². The van der Waals surface area contributed by atoms with Crippen LogP contribution in [0.15, 0.2) is 47.6 Å². The lowest BCUT2D eigenvalue weighted by atomic mass is 9.79. The van der Waals surface area contributed by atoms with Crippen LogP contribution in [0.5, 0.6) is 0 Å². The van der Waals surface area contributed by atoms with Gasteiger partial charge in [-0.2, -0.15) is 0 Å². The van der Waals surface area contributed by atoms with Crippen LogP contribution in [0.4, 0.5) is 0 Å². The first kappa shape index (κ1) is 11.1. The maximum absolute atomic E-state index is 2.43. The van der Waals surface area contributed by atoms with Gasteiger partial charge in [0.05, 0.1) is 0 Å². The molecule has 0 aromatic rings. The summed E-state index contributed by atoms with van der Waals surface area (Å²) in [5, 5.41) is 0.